The molecule has 8 heteroatoms. The molecule has 0 heterocycles. The number of amides is 2. The van der Waals surface area contributed by atoms with Crippen LogP contribution < -0.4 is 20.9 Å². The summed E-state index contributed by atoms with van der Waals surface area (Å²) in [5.74, 6) is -0.691. The molecule has 0 bridgehead atoms. The smallest absolute Gasteiger partial charge is 0.276 e. The van der Waals surface area contributed by atoms with E-state index in [4.69, 9.17) is 17.0 Å². The van der Waals surface area contributed by atoms with Gasteiger partial charge in [0, 0.05) is 6.08 Å². The van der Waals surface area contributed by atoms with Gasteiger partial charge in [-0.25, -0.2) is 4.39 Å². The summed E-state index contributed by atoms with van der Waals surface area (Å²) in [5, 5.41) is 2.30. The molecule has 28 heavy (non-hydrogen) atoms. The molecule has 6 nitrogen and oxygen atoms in total. The number of hydrogen-bond acceptors (Lipinski definition) is 4. The first kappa shape index (κ1) is 21.0. The highest BCUT2D eigenvalue weighted by Gasteiger charge is 2.07. The summed E-state index contributed by atoms with van der Waals surface area (Å²) in [4.78, 5) is 23.6. The van der Waals surface area contributed by atoms with Crippen LogP contribution in [0.3, 0.4) is 0 Å². The molecule has 0 aliphatic heterocycles. The van der Waals surface area contributed by atoms with E-state index in [1.807, 2.05) is 26.0 Å². The highest BCUT2D eigenvalue weighted by molar-refractivity contribution is 7.80. The van der Waals surface area contributed by atoms with Crippen LogP contribution in [0.4, 0.5) is 4.39 Å². The summed E-state index contributed by atoms with van der Waals surface area (Å²) in [7, 11) is 0. The summed E-state index contributed by atoms with van der Waals surface area (Å²) in [6, 6.07) is 11.2. The Labute approximate surface area is 167 Å². The summed E-state index contributed by atoms with van der Waals surface area (Å²) >= 11 is 4.93. The molecular weight excluding hydrogens is 381 g/mol. The first-order valence-electron chi connectivity index (χ1n) is 8.37. The number of hydrogen-bond donors (Lipinski definition) is 3. The fourth-order valence-corrected chi connectivity index (χ4v) is 2.27. The third-order valence-electron chi connectivity index (χ3n) is 3.76. The highest BCUT2D eigenvalue weighted by Crippen LogP contribution is 2.20. The first-order chi connectivity index (χ1) is 13.3. The lowest BCUT2D eigenvalue weighted by Gasteiger charge is -2.12. The van der Waals surface area contributed by atoms with Crippen molar-refractivity contribution in [3.8, 4) is 5.75 Å². The van der Waals surface area contributed by atoms with Crippen LogP contribution >= 0.6 is 12.2 Å². The number of benzene rings is 2. The quantitative estimate of drug-likeness (QED) is 0.408. The molecule has 2 amide bonds. The van der Waals surface area contributed by atoms with Crippen molar-refractivity contribution in [2.75, 3.05) is 6.61 Å². The molecule has 0 fully saturated rings. The average molecular weight is 401 g/mol. The van der Waals surface area contributed by atoms with Crippen molar-refractivity contribution in [3.63, 3.8) is 0 Å². The van der Waals surface area contributed by atoms with Gasteiger partial charge >= 0.3 is 0 Å². The molecule has 0 aromatic heterocycles. The van der Waals surface area contributed by atoms with Crippen LogP contribution in [0.25, 0.3) is 6.08 Å². The van der Waals surface area contributed by atoms with E-state index >= 15 is 0 Å². The normalized spacial score (nSPS) is 10.4. The van der Waals surface area contributed by atoms with Gasteiger partial charge in [-0.05, 0) is 67.0 Å². The number of hydrazine groups is 1. The van der Waals surface area contributed by atoms with Crippen LogP contribution in [-0.4, -0.2) is 23.5 Å². The number of halogens is 1. The van der Waals surface area contributed by atoms with Crippen molar-refractivity contribution in [2.45, 2.75) is 13.8 Å². The lowest BCUT2D eigenvalue weighted by atomic mass is 10.1. The predicted molar refractivity (Wildman–Crippen MR) is 109 cm³/mol. The second-order valence-electron chi connectivity index (χ2n) is 5.86. The largest absolute Gasteiger partial charge is 0.483 e. The Balaban J connectivity index is 1.72. The molecule has 2 aromatic rings. The monoisotopic (exact) mass is 401 g/mol. The molecule has 0 saturated carbocycles. The van der Waals surface area contributed by atoms with E-state index in [0.717, 1.165) is 11.1 Å². The maximum Gasteiger partial charge on any atom is 0.276 e. The van der Waals surface area contributed by atoms with Gasteiger partial charge in [0.05, 0.1) is 0 Å². The Hall–Kier alpha value is -3.26. The van der Waals surface area contributed by atoms with E-state index in [9.17, 15) is 14.0 Å². The Bertz CT molecular complexity index is 898. The fraction of sp³-hybridized carbons (Fsp3) is 0.150. The molecule has 146 valence electrons. The third-order valence-corrected chi connectivity index (χ3v) is 3.97. The van der Waals surface area contributed by atoms with Crippen LogP contribution in [0, 0.1) is 19.7 Å². The second-order valence-corrected chi connectivity index (χ2v) is 6.27. The Morgan fingerprint density at radius 3 is 2.54 bits per heavy atom. The molecule has 3 N–H and O–H groups in total. The third kappa shape index (κ3) is 6.81. The second kappa shape index (κ2) is 10.2. The molecule has 2 aromatic carbocycles. The number of carbonyl (C=O) groups is 2. The van der Waals surface area contributed by atoms with Gasteiger partial charge in [0.25, 0.3) is 5.91 Å². The van der Waals surface area contributed by atoms with Crippen LogP contribution in [0.15, 0.2) is 48.5 Å². The van der Waals surface area contributed by atoms with E-state index in [-0.39, 0.29) is 17.5 Å². The predicted octanol–water partition coefficient (Wildman–Crippen LogP) is 2.56. The lowest BCUT2D eigenvalue weighted by Crippen LogP contribution is -2.49. The Morgan fingerprint density at radius 2 is 1.82 bits per heavy atom. The Morgan fingerprint density at radius 1 is 1.11 bits per heavy atom. The maximum atomic E-state index is 12.8. The molecule has 2 rings (SSSR count). The number of aryl methyl sites for hydroxylation is 1. The Kier molecular flexibility index (Phi) is 7.65. The number of thiocarbonyl (C=S) groups is 1. The molecule has 0 radical (unpaired) electrons. The minimum atomic E-state index is -0.497. The zero-order valence-corrected chi connectivity index (χ0v) is 16.2. The molecule has 0 atom stereocenters. The van der Waals surface area contributed by atoms with Crippen LogP contribution in [0.1, 0.15) is 16.7 Å². The van der Waals surface area contributed by atoms with Gasteiger partial charge in [-0.15, -0.1) is 0 Å². The van der Waals surface area contributed by atoms with E-state index in [1.165, 1.54) is 36.4 Å². The molecule has 0 aliphatic rings. The van der Waals surface area contributed by atoms with Gasteiger partial charge in [-0.3, -0.25) is 25.8 Å². The van der Waals surface area contributed by atoms with E-state index < -0.39 is 11.8 Å². The zero-order chi connectivity index (χ0) is 20.5. The highest BCUT2D eigenvalue weighted by atomic mass is 32.1. The minimum absolute atomic E-state index is 0.0751. The SMILES string of the molecule is Cc1cccc(OCC(=O)NNC(=S)NC(=O)/C=C/c2ccc(F)cc2)c1C. The van der Waals surface area contributed by atoms with Crippen LogP contribution in [0.5, 0.6) is 5.75 Å². The van der Waals surface area contributed by atoms with Crippen molar-refractivity contribution in [1.29, 1.82) is 0 Å². The zero-order valence-electron chi connectivity index (χ0n) is 15.4. The topological polar surface area (TPSA) is 79.5 Å². The molecule has 0 spiro atoms. The van der Waals surface area contributed by atoms with Crippen molar-refractivity contribution < 1.29 is 18.7 Å². The standard InChI is InChI=1S/C20H20FN3O3S/c1-13-4-3-5-17(14(13)2)27-12-19(26)23-24-20(28)22-18(25)11-8-15-6-9-16(21)10-7-15/h3-11H,12H2,1-2H3,(H,23,26)(H2,22,24,25,28)/b11-8+. The van der Waals surface area contributed by atoms with Gasteiger partial charge in [-0.2, -0.15) is 0 Å². The minimum Gasteiger partial charge on any atom is -0.483 e. The van der Waals surface area contributed by atoms with Crippen molar-refractivity contribution >= 4 is 35.2 Å². The number of rotatable bonds is 5. The number of carbonyl (C=O) groups excluding carboxylic acids is 2. The van der Waals surface area contributed by atoms with Crippen LogP contribution in [-0.2, 0) is 9.59 Å². The van der Waals surface area contributed by atoms with Crippen molar-refractivity contribution in [3.05, 3.63) is 71.0 Å². The van der Waals surface area contributed by atoms with Gasteiger partial charge in [0.15, 0.2) is 11.7 Å². The van der Waals surface area contributed by atoms with Gasteiger partial charge in [0.2, 0.25) is 5.91 Å². The number of nitrogens with one attached hydrogen (secondary N) is 3. The lowest BCUT2D eigenvalue weighted by molar-refractivity contribution is -0.123. The van der Waals surface area contributed by atoms with E-state index in [1.54, 1.807) is 6.07 Å². The maximum absolute atomic E-state index is 12.8. The van der Waals surface area contributed by atoms with E-state index in [0.29, 0.717) is 11.3 Å². The summed E-state index contributed by atoms with van der Waals surface area (Å²) in [6.45, 7) is 3.65. The molecule has 0 aliphatic carbocycles. The van der Waals surface area contributed by atoms with E-state index in [2.05, 4.69) is 16.2 Å². The average Bonchev–Trinajstić information content (AvgIpc) is 2.67. The van der Waals surface area contributed by atoms with Gasteiger partial charge in [0.1, 0.15) is 11.6 Å². The molecule has 0 unspecified atom stereocenters. The summed E-state index contributed by atoms with van der Waals surface area (Å²) in [5.41, 5.74) is 7.43. The molecular formula is C20H20FN3O3S. The van der Waals surface area contributed by atoms with Crippen molar-refractivity contribution in [1.82, 2.24) is 16.2 Å². The first-order valence-corrected chi connectivity index (χ1v) is 8.78. The van der Waals surface area contributed by atoms with Crippen LogP contribution in [0.2, 0.25) is 0 Å². The fourth-order valence-electron chi connectivity index (χ4n) is 2.12. The summed E-state index contributed by atoms with van der Waals surface area (Å²) < 4.78 is 18.3. The molecule has 0 saturated heterocycles. The van der Waals surface area contributed by atoms with Gasteiger partial charge < -0.3 is 4.74 Å². The van der Waals surface area contributed by atoms with Crippen molar-refractivity contribution in [2.24, 2.45) is 0 Å². The summed E-state index contributed by atoms with van der Waals surface area (Å²) in [6.07, 6.45) is 2.75. The number of ether oxygens (including phenoxy) is 1. The van der Waals surface area contributed by atoms with Gasteiger partial charge in [-0.1, -0.05) is 24.3 Å².